The van der Waals surface area contributed by atoms with Crippen molar-refractivity contribution in [3.05, 3.63) is 0 Å². The van der Waals surface area contributed by atoms with E-state index in [-0.39, 0.29) is 11.1 Å². The lowest BCUT2D eigenvalue weighted by Crippen LogP contribution is -2.68. The molecule has 2 N–H and O–H groups in total. The minimum atomic E-state index is -0.0431. The molecule has 4 heteroatoms. The summed E-state index contributed by atoms with van der Waals surface area (Å²) in [6.07, 6.45) is 2.53. The van der Waals surface area contributed by atoms with Crippen molar-refractivity contribution in [1.29, 1.82) is 0 Å². The molecule has 2 fully saturated rings. The van der Waals surface area contributed by atoms with Crippen LogP contribution in [0.4, 0.5) is 0 Å². The highest BCUT2D eigenvalue weighted by atomic mass is 16.5. The molecular formula is C12H24N2O2. The Balaban J connectivity index is 2.00. The topological polar surface area (TPSA) is 47.7 Å². The van der Waals surface area contributed by atoms with Gasteiger partial charge in [0.2, 0.25) is 0 Å². The fraction of sp³-hybridized carbons (Fsp3) is 1.00. The van der Waals surface area contributed by atoms with E-state index in [1.807, 2.05) is 0 Å². The zero-order valence-corrected chi connectivity index (χ0v) is 10.7. The van der Waals surface area contributed by atoms with Gasteiger partial charge in [0, 0.05) is 32.3 Å². The quantitative estimate of drug-likeness (QED) is 0.768. The van der Waals surface area contributed by atoms with Crippen molar-refractivity contribution < 1.29 is 9.47 Å². The highest BCUT2D eigenvalue weighted by Crippen LogP contribution is 2.40. The molecule has 0 atom stereocenters. The average molecular weight is 228 g/mol. The molecule has 0 aromatic rings. The van der Waals surface area contributed by atoms with Crippen LogP contribution in [0.5, 0.6) is 0 Å². The summed E-state index contributed by atoms with van der Waals surface area (Å²) in [4.78, 5) is 2.51. The fourth-order valence-electron chi connectivity index (χ4n) is 2.93. The lowest BCUT2D eigenvalue weighted by Gasteiger charge is -2.56. The zero-order valence-electron chi connectivity index (χ0n) is 10.7. The number of rotatable bonds is 3. The van der Waals surface area contributed by atoms with Crippen molar-refractivity contribution in [3.63, 3.8) is 0 Å². The van der Waals surface area contributed by atoms with Gasteiger partial charge in [-0.2, -0.15) is 0 Å². The second kappa shape index (κ2) is 4.26. The van der Waals surface area contributed by atoms with Crippen LogP contribution in [0.25, 0.3) is 0 Å². The van der Waals surface area contributed by atoms with Gasteiger partial charge in [-0.05, 0) is 26.7 Å². The van der Waals surface area contributed by atoms with E-state index in [1.54, 1.807) is 7.11 Å². The van der Waals surface area contributed by atoms with Crippen LogP contribution in [0.15, 0.2) is 0 Å². The molecule has 1 heterocycles. The van der Waals surface area contributed by atoms with E-state index in [9.17, 15) is 0 Å². The molecule has 0 aromatic heterocycles. The molecule has 0 aromatic carbocycles. The summed E-state index contributed by atoms with van der Waals surface area (Å²) >= 11 is 0. The number of ether oxygens (including phenoxy) is 2. The second-order valence-electron chi connectivity index (χ2n) is 5.72. The van der Waals surface area contributed by atoms with Crippen LogP contribution in [-0.4, -0.2) is 55.5 Å². The van der Waals surface area contributed by atoms with Gasteiger partial charge in [0.05, 0.1) is 18.3 Å². The molecule has 0 unspecified atom stereocenters. The predicted octanol–water partition coefficient (Wildman–Crippen LogP) is 0.603. The zero-order chi connectivity index (χ0) is 11.8. The minimum absolute atomic E-state index is 0.0431. The van der Waals surface area contributed by atoms with Gasteiger partial charge in [0.25, 0.3) is 0 Å². The first-order chi connectivity index (χ1) is 7.51. The van der Waals surface area contributed by atoms with Crippen molar-refractivity contribution in [1.82, 2.24) is 4.90 Å². The van der Waals surface area contributed by atoms with Crippen LogP contribution in [0.1, 0.15) is 26.7 Å². The summed E-state index contributed by atoms with van der Waals surface area (Å²) in [5.74, 6) is 0. The molecule has 1 saturated heterocycles. The maximum Gasteiger partial charge on any atom is 0.0753 e. The van der Waals surface area contributed by atoms with E-state index in [2.05, 4.69) is 18.7 Å². The van der Waals surface area contributed by atoms with Crippen LogP contribution in [0.2, 0.25) is 0 Å². The Kier molecular flexibility index (Phi) is 3.27. The third kappa shape index (κ3) is 2.12. The number of hydrogen-bond acceptors (Lipinski definition) is 4. The lowest BCUT2D eigenvalue weighted by molar-refractivity contribution is -0.157. The van der Waals surface area contributed by atoms with Gasteiger partial charge < -0.3 is 15.2 Å². The lowest BCUT2D eigenvalue weighted by atomic mass is 9.72. The molecule has 1 aliphatic heterocycles. The summed E-state index contributed by atoms with van der Waals surface area (Å²) in [7, 11) is 1.79. The molecular weight excluding hydrogens is 204 g/mol. The number of methoxy groups -OCH3 is 1. The minimum Gasteiger partial charge on any atom is -0.381 e. The first kappa shape index (κ1) is 12.3. The summed E-state index contributed by atoms with van der Waals surface area (Å²) in [6.45, 7) is 7.80. The monoisotopic (exact) mass is 228 g/mol. The van der Waals surface area contributed by atoms with Crippen LogP contribution in [0.3, 0.4) is 0 Å². The Morgan fingerprint density at radius 1 is 1.44 bits per heavy atom. The van der Waals surface area contributed by atoms with Gasteiger partial charge in [-0.3, -0.25) is 4.90 Å². The molecule has 0 radical (unpaired) electrons. The van der Waals surface area contributed by atoms with Crippen LogP contribution < -0.4 is 5.73 Å². The van der Waals surface area contributed by atoms with Crippen molar-refractivity contribution >= 4 is 0 Å². The molecule has 2 rings (SSSR count). The highest BCUT2D eigenvalue weighted by molar-refractivity contribution is 5.06. The molecule has 1 aliphatic carbocycles. The summed E-state index contributed by atoms with van der Waals surface area (Å²) in [5, 5.41) is 0. The second-order valence-corrected chi connectivity index (χ2v) is 5.72. The van der Waals surface area contributed by atoms with E-state index in [0.717, 1.165) is 39.1 Å². The van der Waals surface area contributed by atoms with Gasteiger partial charge >= 0.3 is 0 Å². The summed E-state index contributed by atoms with van der Waals surface area (Å²) in [5.41, 5.74) is 6.09. The Hall–Kier alpha value is -0.160. The molecule has 0 amide bonds. The maximum atomic E-state index is 5.97. The summed E-state index contributed by atoms with van der Waals surface area (Å²) < 4.78 is 11.1. The van der Waals surface area contributed by atoms with Gasteiger partial charge in [-0.15, -0.1) is 0 Å². The molecule has 4 nitrogen and oxygen atoms in total. The molecule has 2 aliphatic rings. The smallest absolute Gasteiger partial charge is 0.0753 e. The molecule has 16 heavy (non-hydrogen) atoms. The van der Waals surface area contributed by atoms with Gasteiger partial charge in [-0.1, -0.05) is 0 Å². The number of hydrogen-bond donors (Lipinski definition) is 1. The van der Waals surface area contributed by atoms with Crippen molar-refractivity contribution in [3.8, 4) is 0 Å². The van der Waals surface area contributed by atoms with Gasteiger partial charge in [0.15, 0.2) is 0 Å². The van der Waals surface area contributed by atoms with E-state index >= 15 is 0 Å². The van der Waals surface area contributed by atoms with E-state index < -0.39 is 0 Å². The Bertz CT molecular complexity index is 249. The molecule has 94 valence electrons. The summed E-state index contributed by atoms with van der Waals surface area (Å²) in [6, 6.07) is 0. The van der Waals surface area contributed by atoms with E-state index in [4.69, 9.17) is 15.2 Å². The van der Waals surface area contributed by atoms with Crippen LogP contribution in [-0.2, 0) is 9.47 Å². The van der Waals surface area contributed by atoms with Crippen molar-refractivity contribution in [2.24, 2.45) is 5.73 Å². The first-order valence-corrected chi connectivity index (χ1v) is 6.13. The molecule has 0 bridgehead atoms. The Morgan fingerprint density at radius 3 is 2.62 bits per heavy atom. The SMILES string of the molecule is COC1CC(CN)(N2CCOC(C)(C)C2)C1. The van der Waals surface area contributed by atoms with Crippen LogP contribution >= 0.6 is 0 Å². The van der Waals surface area contributed by atoms with Crippen LogP contribution in [0, 0.1) is 0 Å². The first-order valence-electron chi connectivity index (χ1n) is 6.13. The van der Waals surface area contributed by atoms with Gasteiger partial charge in [-0.25, -0.2) is 0 Å². The molecule has 0 spiro atoms. The standard InChI is InChI=1S/C12H24N2O2/c1-11(2)9-14(4-5-16-11)12(8-13)6-10(7-12)15-3/h10H,4-9,13H2,1-3H3. The average Bonchev–Trinajstić information content (AvgIpc) is 2.16. The Morgan fingerprint density at radius 2 is 2.12 bits per heavy atom. The maximum absolute atomic E-state index is 5.97. The van der Waals surface area contributed by atoms with Gasteiger partial charge in [0.1, 0.15) is 0 Å². The third-order valence-electron chi connectivity index (χ3n) is 4.03. The Labute approximate surface area is 98.1 Å². The third-order valence-corrected chi connectivity index (χ3v) is 4.03. The number of nitrogens with zero attached hydrogens (tertiary/aromatic N) is 1. The number of nitrogens with two attached hydrogens (primary N) is 1. The van der Waals surface area contributed by atoms with Crippen molar-refractivity contribution in [2.45, 2.75) is 43.9 Å². The van der Waals surface area contributed by atoms with E-state index in [1.165, 1.54) is 0 Å². The highest BCUT2D eigenvalue weighted by Gasteiger charge is 2.49. The predicted molar refractivity (Wildman–Crippen MR) is 63.4 cm³/mol. The normalized spacial score (nSPS) is 39.4. The largest absolute Gasteiger partial charge is 0.381 e. The fourth-order valence-corrected chi connectivity index (χ4v) is 2.93. The van der Waals surface area contributed by atoms with E-state index in [0.29, 0.717) is 6.10 Å². The van der Waals surface area contributed by atoms with Crippen molar-refractivity contribution in [2.75, 3.05) is 33.4 Å². The number of morpholine rings is 1. The molecule has 1 saturated carbocycles.